The molecule has 0 N–H and O–H groups in total. The van der Waals surface area contributed by atoms with Gasteiger partial charge in [-0.05, 0) is 48.9 Å². The van der Waals surface area contributed by atoms with Crippen LogP contribution in [0.25, 0.3) is 0 Å². The molecule has 0 spiro atoms. The van der Waals surface area contributed by atoms with Crippen molar-refractivity contribution in [1.82, 2.24) is 0 Å². The van der Waals surface area contributed by atoms with Crippen LogP contribution in [-0.2, 0) is 11.8 Å². The Morgan fingerprint density at radius 3 is 2.00 bits per heavy atom. The highest BCUT2D eigenvalue weighted by Gasteiger charge is 2.30. The molecule has 0 aliphatic heterocycles. The van der Waals surface area contributed by atoms with Gasteiger partial charge in [0.15, 0.2) is 0 Å². The molecule has 0 saturated carbocycles. The van der Waals surface area contributed by atoms with E-state index in [1.807, 2.05) is 0 Å². The van der Waals surface area contributed by atoms with Gasteiger partial charge in [-0.15, -0.1) is 11.6 Å². The molecule has 0 nitrogen and oxygen atoms in total. The SMILES string of the molecule is CCC(CCl)(Cc1c(C)cccc1C)c1ccccc1. The lowest BCUT2D eigenvalue weighted by molar-refractivity contribution is 0.456. The van der Waals surface area contributed by atoms with Crippen molar-refractivity contribution in [3.8, 4) is 0 Å². The van der Waals surface area contributed by atoms with Crippen molar-refractivity contribution >= 4 is 11.6 Å². The van der Waals surface area contributed by atoms with Crippen LogP contribution in [0.3, 0.4) is 0 Å². The molecule has 0 aromatic heterocycles. The van der Waals surface area contributed by atoms with Gasteiger partial charge in [-0.3, -0.25) is 0 Å². The van der Waals surface area contributed by atoms with E-state index in [1.54, 1.807) is 0 Å². The lowest BCUT2D eigenvalue weighted by Crippen LogP contribution is -2.31. The smallest absolute Gasteiger partial charge is 0.0323 e. The highest BCUT2D eigenvalue weighted by Crippen LogP contribution is 2.35. The van der Waals surface area contributed by atoms with Crippen LogP contribution in [0.4, 0.5) is 0 Å². The zero-order chi connectivity index (χ0) is 14.6. The Morgan fingerprint density at radius 2 is 1.50 bits per heavy atom. The van der Waals surface area contributed by atoms with E-state index in [2.05, 4.69) is 69.3 Å². The van der Waals surface area contributed by atoms with E-state index in [4.69, 9.17) is 11.6 Å². The Labute approximate surface area is 127 Å². The fourth-order valence-corrected chi connectivity index (χ4v) is 3.35. The lowest BCUT2D eigenvalue weighted by atomic mass is 9.73. The molecule has 20 heavy (non-hydrogen) atoms. The quantitative estimate of drug-likeness (QED) is 0.643. The van der Waals surface area contributed by atoms with Crippen LogP contribution in [0, 0.1) is 13.8 Å². The average molecular weight is 287 g/mol. The minimum Gasteiger partial charge on any atom is -0.126 e. The van der Waals surface area contributed by atoms with Crippen molar-refractivity contribution in [2.24, 2.45) is 0 Å². The summed E-state index contributed by atoms with van der Waals surface area (Å²) >= 11 is 6.41. The second-order valence-electron chi connectivity index (χ2n) is 5.68. The number of halogens is 1. The fraction of sp³-hybridized carbons (Fsp3) is 0.368. The zero-order valence-electron chi connectivity index (χ0n) is 12.6. The van der Waals surface area contributed by atoms with Gasteiger partial charge in [-0.2, -0.15) is 0 Å². The molecule has 1 heteroatoms. The third kappa shape index (κ3) is 2.91. The molecule has 1 unspecified atom stereocenters. The molecule has 2 aromatic carbocycles. The maximum atomic E-state index is 6.41. The Balaban J connectivity index is 2.45. The predicted octanol–water partition coefficient (Wildman–Crippen LogP) is 5.43. The van der Waals surface area contributed by atoms with Crippen LogP contribution in [0.1, 0.15) is 35.6 Å². The van der Waals surface area contributed by atoms with Gasteiger partial charge < -0.3 is 0 Å². The number of alkyl halides is 1. The van der Waals surface area contributed by atoms with Gasteiger partial charge >= 0.3 is 0 Å². The molecular formula is C19H23Cl. The van der Waals surface area contributed by atoms with Crippen LogP contribution < -0.4 is 0 Å². The molecule has 0 aliphatic carbocycles. The van der Waals surface area contributed by atoms with E-state index in [9.17, 15) is 0 Å². The molecule has 0 aliphatic rings. The summed E-state index contributed by atoms with van der Waals surface area (Å²) in [4.78, 5) is 0. The Bertz CT molecular complexity index is 533. The first-order chi connectivity index (χ1) is 9.63. The van der Waals surface area contributed by atoms with Crippen LogP contribution >= 0.6 is 11.6 Å². The lowest BCUT2D eigenvalue weighted by Gasteiger charge is -2.33. The van der Waals surface area contributed by atoms with E-state index in [-0.39, 0.29) is 5.41 Å². The van der Waals surface area contributed by atoms with Gasteiger partial charge in [-0.25, -0.2) is 0 Å². The zero-order valence-corrected chi connectivity index (χ0v) is 13.4. The van der Waals surface area contributed by atoms with Gasteiger partial charge in [0.05, 0.1) is 0 Å². The largest absolute Gasteiger partial charge is 0.126 e. The first-order valence-corrected chi connectivity index (χ1v) is 7.83. The molecule has 2 aromatic rings. The number of aryl methyl sites for hydroxylation is 2. The third-order valence-electron chi connectivity index (χ3n) is 4.48. The summed E-state index contributed by atoms with van der Waals surface area (Å²) in [6.45, 7) is 6.63. The van der Waals surface area contributed by atoms with Crippen molar-refractivity contribution in [3.05, 3.63) is 70.8 Å². The van der Waals surface area contributed by atoms with Crippen LogP contribution in [-0.4, -0.2) is 5.88 Å². The predicted molar refractivity (Wildman–Crippen MR) is 88.8 cm³/mol. The summed E-state index contributed by atoms with van der Waals surface area (Å²) < 4.78 is 0. The van der Waals surface area contributed by atoms with E-state index in [0.29, 0.717) is 5.88 Å². The molecule has 1 atom stereocenters. The van der Waals surface area contributed by atoms with Gasteiger partial charge in [0.25, 0.3) is 0 Å². The molecule has 0 heterocycles. The highest BCUT2D eigenvalue weighted by atomic mass is 35.5. The molecule has 0 amide bonds. The van der Waals surface area contributed by atoms with Crippen LogP contribution in [0.2, 0.25) is 0 Å². The molecule has 106 valence electrons. The normalized spacial score (nSPS) is 14.0. The van der Waals surface area contributed by atoms with E-state index >= 15 is 0 Å². The number of hydrogen-bond acceptors (Lipinski definition) is 0. The standard InChI is InChI=1S/C19H23Cl/c1-4-19(14-20,17-11-6-5-7-12-17)13-18-15(2)9-8-10-16(18)3/h5-12H,4,13-14H2,1-3H3. The van der Waals surface area contributed by atoms with E-state index in [0.717, 1.165) is 12.8 Å². The number of rotatable bonds is 5. The first-order valence-electron chi connectivity index (χ1n) is 7.29. The topological polar surface area (TPSA) is 0 Å². The molecule has 0 radical (unpaired) electrons. The molecule has 2 rings (SSSR count). The van der Waals surface area contributed by atoms with Crippen molar-refractivity contribution in [2.75, 3.05) is 5.88 Å². The van der Waals surface area contributed by atoms with Gasteiger partial charge in [0.1, 0.15) is 0 Å². The van der Waals surface area contributed by atoms with Gasteiger partial charge in [0.2, 0.25) is 0 Å². The van der Waals surface area contributed by atoms with Crippen molar-refractivity contribution in [3.63, 3.8) is 0 Å². The van der Waals surface area contributed by atoms with Gasteiger partial charge in [-0.1, -0.05) is 55.5 Å². The summed E-state index contributed by atoms with van der Waals surface area (Å²) in [6, 6.07) is 17.2. The fourth-order valence-electron chi connectivity index (χ4n) is 2.91. The second-order valence-corrected chi connectivity index (χ2v) is 5.95. The van der Waals surface area contributed by atoms with E-state index in [1.165, 1.54) is 22.3 Å². The summed E-state index contributed by atoms with van der Waals surface area (Å²) in [7, 11) is 0. The summed E-state index contributed by atoms with van der Waals surface area (Å²) in [5.41, 5.74) is 5.55. The molecule has 0 fully saturated rings. The summed E-state index contributed by atoms with van der Waals surface area (Å²) in [5.74, 6) is 0.654. The summed E-state index contributed by atoms with van der Waals surface area (Å²) in [5, 5.41) is 0. The number of benzene rings is 2. The first kappa shape index (κ1) is 15.1. The molecular weight excluding hydrogens is 264 g/mol. The second kappa shape index (κ2) is 6.45. The maximum absolute atomic E-state index is 6.41. The maximum Gasteiger partial charge on any atom is 0.0323 e. The van der Waals surface area contributed by atoms with Crippen LogP contribution in [0.5, 0.6) is 0 Å². The van der Waals surface area contributed by atoms with Crippen molar-refractivity contribution in [1.29, 1.82) is 0 Å². The van der Waals surface area contributed by atoms with Gasteiger partial charge in [0, 0.05) is 11.3 Å². The third-order valence-corrected chi connectivity index (χ3v) is 4.99. The Kier molecular flexibility index (Phi) is 4.88. The molecule has 0 saturated heterocycles. The summed E-state index contributed by atoms with van der Waals surface area (Å²) in [6.07, 6.45) is 2.06. The van der Waals surface area contributed by atoms with Crippen molar-refractivity contribution in [2.45, 2.75) is 39.0 Å². The van der Waals surface area contributed by atoms with Crippen LogP contribution in [0.15, 0.2) is 48.5 Å². The minimum atomic E-state index is 0.0275. The van der Waals surface area contributed by atoms with Crippen molar-refractivity contribution < 1.29 is 0 Å². The Hall–Kier alpha value is -1.27. The minimum absolute atomic E-state index is 0.0275. The number of hydrogen-bond donors (Lipinski definition) is 0. The highest BCUT2D eigenvalue weighted by molar-refractivity contribution is 6.18. The molecule has 0 bridgehead atoms. The van der Waals surface area contributed by atoms with E-state index < -0.39 is 0 Å². The Morgan fingerprint density at radius 1 is 0.900 bits per heavy atom. The average Bonchev–Trinajstić information content (AvgIpc) is 2.49. The monoisotopic (exact) mass is 286 g/mol.